The first-order valence-electron chi connectivity index (χ1n) is 10.4. The fraction of sp³-hybridized carbons (Fsp3) is 0. The summed E-state index contributed by atoms with van der Waals surface area (Å²) in [7, 11) is 0. The van der Waals surface area contributed by atoms with Gasteiger partial charge in [0, 0.05) is 34.1 Å². The molecular formula is C28H17FS4. The molecule has 0 spiro atoms. The number of halogens is 1. The van der Waals surface area contributed by atoms with Crippen LogP contribution in [0, 0.1) is 5.82 Å². The summed E-state index contributed by atoms with van der Waals surface area (Å²) in [5.41, 5.74) is 3.32. The van der Waals surface area contributed by atoms with Gasteiger partial charge in [-0.25, -0.2) is 4.39 Å². The van der Waals surface area contributed by atoms with Crippen LogP contribution in [-0.2, 0) is 0 Å². The zero-order valence-electron chi connectivity index (χ0n) is 17.3. The molecule has 0 radical (unpaired) electrons. The Morgan fingerprint density at radius 1 is 0.394 bits per heavy atom. The number of benzene rings is 2. The molecule has 4 aromatic heterocycles. The summed E-state index contributed by atoms with van der Waals surface area (Å²) in [6.07, 6.45) is 0. The topological polar surface area (TPSA) is 0 Å². The van der Waals surface area contributed by atoms with Gasteiger partial charge < -0.3 is 0 Å². The summed E-state index contributed by atoms with van der Waals surface area (Å²) in [6, 6.07) is 32.8. The van der Waals surface area contributed by atoms with Gasteiger partial charge >= 0.3 is 0 Å². The van der Waals surface area contributed by atoms with Gasteiger partial charge in [-0.2, -0.15) is 0 Å². The molecule has 0 nitrogen and oxygen atoms in total. The van der Waals surface area contributed by atoms with Crippen LogP contribution < -0.4 is 0 Å². The third-order valence-electron chi connectivity index (χ3n) is 5.41. The monoisotopic (exact) mass is 500 g/mol. The summed E-state index contributed by atoms with van der Waals surface area (Å²) in [5.74, 6) is -0.208. The molecule has 0 amide bonds. The summed E-state index contributed by atoms with van der Waals surface area (Å²) in [6.45, 7) is 0. The van der Waals surface area contributed by atoms with E-state index in [4.69, 9.17) is 0 Å². The molecule has 6 aromatic rings. The van der Waals surface area contributed by atoms with Gasteiger partial charge in [0.15, 0.2) is 0 Å². The SMILES string of the molecule is Fc1ccc(-c2ccc(-c3ccc(-c4ccc(-c5ccc(-c6cccs6)s5)s4)s3)cc2)cc1. The molecule has 0 atom stereocenters. The van der Waals surface area contributed by atoms with Crippen molar-refractivity contribution in [3.63, 3.8) is 0 Å². The maximum absolute atomic E-state index is 13.2. The van der Waals surface area contributed by atoms with Crippen molar-refractivity contribution < 1.29 is 4.39 Å². The molecule has 0 saturated heterocycles. The van der Waals surface area contributed by atoms with Crippen LogP contribution in [-0.4, -0.2) is 0 Å². The van der Waals surface area contributed by atoms with Crippen LogP contribution in [0.15, 0.2) is 102 Å². The standard InChI is InChI=1S/C28H17FS4/c29-21-9-7-19(8-10-21)18-3-5-20(6-4-18)22-11-12-25(31-22)26-15-16-28(33-26)27-14-13-24(32-27)23-2-1-17-30-23/h1-17H. The number of hydrogen-bond acceptors (Lipinski definition) is 4. The third kappa shape index (κ3) is 4.25. The molecule has 5 heteroatoms. The molecule has 160 valence electrons. The lowest BCUT2D eigenvalue weighted by Gasteiger charge is -2.03. The van der Waals surface area contributed by atoms with Crippen molar-refractivity contribution in [2.24, 2.45) is 0 Å². The predicted octanol–water partition coefficient (Wildman–Crippen LogP) is 10.4. The highest BCUT2D eigenvalue weighted by Crippen LogP contribution is 2.43. The van der Waals surface area contributed by atoms with Gasteiger partial charge in [-0.1, -0.05) is 42.5 Å². The molecule has 0 unspecified atom stereocenters. The first kappa shape index (κ1) is 20.8. The van der Waals surface area contributed by atoms with Crippen molar-refractivity contribution in [2.75, 3.05) is 0 Å². The normalized spacial score (nSPS) is 11.2. The molecule has 0 aliphatic rings. The van der Waals surface area contributed by atoms with Crippen LogP contribution >= 0.6 is 45.3 Å². The van der Waals surface area contributed by atoms with E-state index in [1.807, 2.05) is 46.1 Å². The number of thiophene rings is 4. The van der Waals surface area contributed by atoms with Crippen molar-refractivity contribution in [2.45, 2.75) is 0 Å². The Bertz CT molecular complexity index is 1500. The van der Waals surface area contributed by atoms with Crippen molar-refractivity contribution in [3.8, 4) is 50.8 Å². The van der Waals surface area contributed by atoms with Gasteiger partial charge in [-0.05, 0) is 76.7 Å². The molecule has 33 heavy (non-hydrogen) atoms. The molecule has 4 heterocycles. The van der Waals surface area contributed by atoms with Crippen molar-refractivity contribution in [1.29, 1.82) is 0 Å². The van der Waals surface area contributed by atoms with Crippen LogP contribution in [0.25, 0.3) is 50.8 Å². The van der Waals surface area contributed by atoms with Gasteiger partial charge in [-0.15, -0.1) is 45.3 Å². The minimum Gasteiger partial charge on any atom is -0.207 e. The zero-order chi connectivity index (χ0) is 22.2. The Morgan fingerprint density at radius 3 is 1.33 bits per heavy atom. The van der Waals surface area contributed by atoms with Crippen molar-refractivity contribution in [3.05, 3.63) is 108 Å². The second kappa shape index (κ2) is 8.84. The van der Waals surface area contributed by atoms with Gasteiger partial charge in [0.05, 0.1) is 0 Å². The lowest BCUT2D eigenvalue weighted by molar-refractivity contribution is 0.628. The van der Waals surface area contributed by atoms with E-state index in [9.17, 15) is 4.39 Å². The molecule has 0 saturated carbocycles. The second-order valence-corrected chi connectivity index (χ2v) is 11.8. The number of hydrogen-bond donors (Lipinski definition) is 0. The molecule has 2 aromatic carbocycles. The quantitative estimate of drug-likeness (QED) is 0.221. The van der Waals surface area contributed by atoms with E-state index in [1.165, 1.54) is 51.8 Å². The lowest BCUT2D eigenvalue weighted by atomic mass is 10.0. The Labute approximate surface area is 207 Å². The van der Waals surface area contributed by atoms with Crippen LogP contribution in [0.2, 0.25) is 0 Å². The van der Waals surface area contributed by atoms with Gasteiger partial charge in [-0.3, -0.25) is 0 Å². The predicted molar refractivity (Wildman–Crippen MR) is 145 cm³/mol. The Balaban J connectivity index is 1.22. The molecule has 6 rings (SSSR count). The maximum Gasteiger partial charge on any atom is 0.123 e. The molecule has 0 N–H and O–H groups in total. The van der Waals surface area contributed by atoms with Crippen LogP contribution in [0.5, 0.6) is 0 Å². The van der Waals surface area contributed by atoms with E-state index in [2.05, 4.69) is 78.2 Å². The van der Waals surface area contributed by atoms with Crippen LogP contribution in [0.3, 0.4) is 0 Å². The van der Waals surface area contributed by atoms with E-state index in [1.54, 1.807) is 11.3 Å². The molecular weight excluding hydrogens is 484 g/mol. The first-order chi connectivity index (χ1) is 16.2. The van der Waals surface area contributed by atoms with Gasteiger partial charge in [0.25, 0.3) is 0 Å². The third-order valence-corrected chi connectivity index (χ3v) is 10.2. The Hall–Kier alpha value is -2.83. The maximum atomic E-state index is 13.2. The summed E-state index contributed by atoms with van der Waals surface area (Å²) in [4.78, 5) is 9.14. The second-order valence-electron chi connectivity index (χ2n) is 7.55. The Morgan fingerprint density at radius 2 is 0.818 bits per heavy atom. The minimum atomic E-state index is -0.208. The fourth-order valence-corrected chi connectivity index (χ4v) is 7.76. The highest BCUT2D eigenvalue weighted by atomic mass is 32.1. The van der Waals surface area contributed by atoms with E-state index in [0.29, 0.717) is 0 Å². The molecule has 0 fully saturated rings. The van der Waals surface area contributed by atoms with E-state index < -0.39 is 0 Å². The van der Waals surface area contributed by atoms with Gasteiger partial charge in [0.2, 0.25) is 0 Å². The summed E-state index contributed by atoms with van der Waals surface area (Å²) >= 11 is 7.32. The average Bonchev–Trinajstić information content (AvgIpc) is 3.65. The van der Waals surface area contributed by atoms with Gasteiger partial charge in [0.1, 0.15) is 5.82 Å². The van der Waals surface area contributed by atoms with E-state index in [-0.39, 0.29) is 5.82 Å². The highest BCUT2D eigenvalue weighted by Gasteiger charge is 2.11. The molecule has 0 aliphatic heterocycles. The molecule has 0 bridgehead atoms. The lowest BCUT2D eigenvalue weighted by Crippen LogP contribution is -1.79. The molecule has 0 aliphatic carbocycles. The van der Waals surface area contributed by atoms with E-state index >= 15 is 0 Å². The van der Waals surface area contributed by atoms with Crippen molar-refractivity contribution in [1.82, 2.24) is 0 Å². The highest BCUT2D eigenvalue weighted by molar-refractivity contribution is 7.28. The van der Waals surface area contributed by atoms with Crippen LogP contribution in [0.4, 0.5) is 4.39 Å². The Kier molecular flexibility index (Phi) is 5.56. The smallest absolute Gasteiger partial charge is 0.123 e. The number of rotatable bonds is 5. The first-order valence-corrected chi connectivity index (χ1v) is 13.8. The van der Waals surface area contributed by atoms with Crippen LogP contribution in [0.1, 0.15) is 0 Å². The zero-order valence-corrected chi connectivity index (χ0v) is 20.6. The van der Waals surface area contributed by atoms with Crippen molar-refractivity contribution >= 4 is 45.3 Å². The minimum absolute atomic E-state index is 0.208. The fourth-order valence-electron chi connectivity index (χ4n) is 3.72. The average molecular weight is 501 g/mol. The summed E-state index contributed by atoms with van der Waals surface area (Å²) in [5, 5.41) is 2.13. The van der Waals surface area contributed by atoms with E-state index in [0.717, 1.165) is 11.1 Å². The summed E-state index contributed by atoms with van der Waals surface area (Å²) < 4.78 is 13.2. The largest absolute Gasteiger partial charge is 0.207 e.